The maximum Gasteiger partial charge on any atom is 0.491 e. The molecule has 2 atom stereocenters. The summed E-state index contributed by atoms with van der Waals surface area (Å²) >= 11 is 1.38. The summed E-state index contributed by atoms with van der Waals surface area (Å²) < 4.78 is 72.1. The van der Waals surface area contributed by atoms with E-state index in [1.807, 2.05) is 0 Å². The van der Waals surface area contributed by atoms with Gasteiger partial charge in [0.1, 0.15) is 17.7 Å². The van der Waals surface area contributed by atoms with E-state index in [0.717, 1.165) is 49.1 Å². The number of nitrogens with one attached hydrogen (secondary N) is 2. The van der Waals surface area contributed by atoms with Crippen LogP contribution in [0.4, 0.5) is 22.0 Å². The molecular formula is C19H18F5N3O3S. The number of piperidine rings is 1. The minimum absolute atomic E-state index is 0.242. The maximum absolute atomic E-state index is 14.4. The topological polar surface area (TPSA) is 72.5 Å². The SMILES string of the molecule is O=C(OC1(c2c(F)cccc2F)CC(c2csc(C3CCNCC3)n2)ON1)C(F)(F)F. The van der Waals surface area contributed by atoms with Gasteiger partial charge in [-0.1, -0.05) is 6.07 Å². The predicted octanol–water partition coefficient (Wildman–Crippen LogP) is 3.81. The van der Waals surface area contributed by atoms with Crippen LogP contribution in [-0.4, -0.2) is 30.2 Å². The van der Waals surface area contributed by atoms with E-state index in [9.17, 15) is 26.7 Å². The van der Waals surface area contributed by atoms with E-state index in [4.69, 9.17) is 4.84 Å². The summed E-state index contributed by atoms with van der Waals surface area (Å²) in [6.45, 7) is 1.70. The molecule has 0 bridgehead atoms. The van der Waals surface area contributed by atoms with Crippen LogP contribution in [0.15, 0.2) is 23.6 Å². The third-order valence-corrected chi connectivity index (χ3v) is 6.29. The number of nitrogens with zero attached hydrogens (tertiary/aromatic N) is 1. The Morgan fingerprint density at radius 1 is 1.23 bits per heavy atom. The van der Waals surface area contributed by atoms with Crippen LogP contribution in [0, 0.1) is 11.6 Å². The number of thiazole rings is 1. The summed E-state index contributed by atoms with van der Waals surface area (Å²) in [4.78, 5) is 21.4. The van der Waals surface area contributed by atoms with E-state index in [2.05, 4.69) is 20.5 Å². The van der Waals surface area contributed by atoms with Gasteiger partial charge in [-0.05, 0) is 38.1 Å². The number of benzene rings is 1. The molecule has 0 radical (unpaired) electrons. The number of hydrogen-bond donors (Lipinski definition) is 2. The van der Waals surface area contributed by atoms with Crippen molar-refractivity contribution in [2.45, 2.75) is 43.2 Å². The Bertz CT molecular complexity index is 943. The Kier molecular flexibility index (Phi) is 5.99. The van der Waals surface area contributed by atoms with Crippen LogP contribution in [0.1, 0.15) is 47.5 Å². The molecule has 2 aliphatic rings. The lowest BCUT2D eigenvalue weighted by molar-refractivity contribution is -0.223. The van der Waals surface area contributed by atoms with Crippen LogP contribution in [0.5, 0.6) is 0 Å². The molecule has 168 valence electrons. The van der Waals surface area contributed by atoms with Crippen molar-refractivity contribution in [3.05, 3.63) is 51.5 Å². The fourth-order valence-corrected chi connectivity index (χ4v) is 4.78. The molecule has 12 heteroatoms. The van der Waals surface area contributed by atoms with Crippen molar-refractivity contribution in [1.29, 1.82) is 0 Å². The molecule has 2 saturated heterocycles. The first-order valence-corrected chi connectivity index (χ1v) is 10.4. The zero-order chi connectivity index (χ0) is 22.2. The molecule has 2 aromatic rings. The first kappa shape index (κ1) is 22.1. The molecule has 1 aromatic heterocycles. The standard InChI is InChI=1S/C19H18F5N3O3S/c20-11-2-1-3-12(21)15(11)18(29-17(28)19(22,23)24)8-14(30-27-18)13-9-31-16(26-13)10-4-6-25-7-5-10/h1-3,9-10,14,25,27H,4-8H2. The molecule has 2 unspecified atom stereocenters. The molecule has 2 N–H and O–H groups in total. The number of carbonyl (C=O) groups excluding carboxylic acids is 1. The fourth-order valence-electron chi connectivity index (χ4n) is 3.75. The van der Waals surface area contributed by atoms with Gasteiger partial charge in [0.15, 0.2) is 0 Å². The van der Waals surface area contributed by atoms with E-state index in [1.165, 1.54) is 11.3 Å². The van der Waals surface area contributed by atoms with Gasteiger partial charge in [-0.3, -0.25) is 4.84 Å². The van der Waals surface area contributed by atoms with E-state index >= 15 is 0 Å². The maximum atomic E-state index is 14.4. The van der Waals surface area contributed by atoms with Gasteiger partial charge in [0.25, 0.3) is 0 Å². The normalized spacial score (nSPS) is 25.0. The number of esters is 1. The Balaban J connectivity index is 1.63. The van der Waals surface area contributed by atoms with Crippen LogP contribution in [0.25, 0.3) is 0 Å². The summed E-state index contributed by atoms with van der Waals surface area (Å²) in [6.07, 6.45) is -5.06. The average Bonchev–Trinajstić information content (AvgIpc) is 3.36. The van der Waals surface area contributed by atoms with Gasteiger partial charge in [-0.15, -0.1) is 11.3 Å². The molecular weight excluding hydrogens is 445 g/mol. The number of hydrogen-bond acceptors (Lipinski definition) is 7. The summed E-state index contributed by atoms with van der Waals surface area (Å²) in [6, 6.07) is 2.76. The predicted molar refractivity (Wildman–Crippen MR) is 98.7 cm³/mol. The van der Waals surface area contributed by atoms with Crippen molar-refractivity contribution in [1.82, 2.24) is 15.8 Å². The quantitative estimate of drug-likeness (QED) is 0.531. The van der Waals surface area contributed by atoms with Crippen LogP contribution in [0.2, 0.25) is 0 Å². The third-order valence-electron chi connectivity index (χ3n) is 5.26. The van der Waals surface area contributed by atoms with Crippen molar-refractivity contribution >= 4 is 17.3 Å². The summed E-state index contributed by atoms with van der Waals surface area (Å²) in [5.41, 5.74) is -0.858. The summed E-state index contributed by atoms with van der Waals surface area (Å²) in [5.74, 6) is -4.72. The van der Waals surface area contributed by atoms with Crippen molar-refractivity contribution < 1.29 is 36.3 Å². The van der Waals surface area contributed by atoms with Gasteiger partial charge in [-0.2, -0.15) is 18.7 Å². The fraction of sp³-hybridized carbons (Fsp3) is 0.474. The van der Waals surface area contributed by atoms with Crippen LogP contribution in [-0.2, 0) is 20.1 Å². The molecule has 3 heterocycles. The Morgan fingerprint density at radius 2 is 1.90 bits per heavy atom. The molecule has 2 fully saturated rings. The van der Waals surface area contributed by atoms with E-state index < -0.39 is 47.6 Å². The number of carbonyl (C=O) groups is 1. The zero-order valence-electron chi connectivity index (χ0n) is 16.0. The van der Waals surface area contributed by atoms with Crippen molar-refractivity contribution in [2.24, 2.45) is 0 Å². The van der Waals surface area contributed by atoms with Gasteiger partial charge in [-0.25, -0.2) is 18.6 Å². The van der Waals surface area contributed by atoms with Crippen molar-refractivity contribution in [3.8, 4) is 0 Å². The van der Waals surface area contributed by atoms with Gasteiger partial charge in [0.05, 0.1) is 16.3 Å². The first-order chi connectivity index (χ1) is 14.7. The van der Waals surface area contributed by atoms with Gasteiger partial charge in [0, 0.05) is 17.7 Å². The second-order valence-electron chi connectivity index (χ2n) is 7.36. The second-order valence-corrected chi connectivity index (χ2v) is 8.25. The number of aromatic nitrogens is 1. The van der Waals surface area contributed by atoms with E-state index in [-0.39, 0.29) is 5.92 Å². The largest absolute Gasteiger partial charge is 0.491 e. The Morgan fingerprint density at radius 3 is 2.55 bits per heavy atom. The number of halogens is 5. The lowest BCUT2D eigenvalue weighted by Crippen LogP contribution is -2.45. The monoisotopic (exact) mass is 463 g/mol. The molecule has 0 spiro atoms. The Labute approximate surface area is 177 Å². The molecule has 31 heavy (non-hydrogen) atoms. The molecule has 1 aromatic carbocycles. The third kappa shape index (κ3) is 4.43. The number of alkyl halides is 3. The van der Waals surface area contributed by atoms with Gasteiger partial charge in [0.2, 0.25) is 5.72 Å². The lowest BCUT2D eigenvalue weighted by Gasteiger charge is -2.29. The second kappa shape index (κ2) is 8.41. The van der Waals surface area contributed by atoms with E-state index in [1.54, 1.807) is 5.38 Å². The zero-order valence-corrected chi connectivity index (χ0v) is 16.8. The molecule has 0 saturated carbocycles. The minimum Gasteiger partial charge on any atom is -0.430 e. The van der Waals surface area contributed by atoms with Crippen LogP contribution >= 0.6 is 11.3 Å². The smallest absolute Gasteiger partial charge is 0.430 e. The molecule has 0 aliphatic carbocycles. The summed E-state index contributed by atoms with van der Waals surface area (Å²) in [7, 11) is 0. The van der Waals surface area contributed by atoms with E-state index in [0.29, 0.717) is 5.69 Å². The number of ether oxygens (including phenoxy) is 1. The average molecular weight is 463 g/mol. The number of hydroxylamine groups is 1. The highest BCUT2D eigenvalue weighted by molar-refractivity contribution is 7.09. The highest BCUT2D eigenvalue weighted by atomic mass is 32.1. The van der Waals surface area contributed by atoms with Crippen LogP contribution in [0.3, 0.4) is 0 Å². The van der Waals surface area contributed by atoms with Crippen LogP contribution < -0.4 is 10.8 Å². The summed E-state index contributed by atoms with van der Waals surface area (Å²) in [5, 5.41) is 5.78. The van der Waals surface area contributed by atoms with Gasteiger partial charge < -0.3 is 10.1 Å². The molecule has 0 amide bonds. The molecule has 6 nitrogen and oxygen atoms in total. The molecule has 2 aliphatic heterocycles. The molecule has 4 rings (SSSR count). The van der Waals surface area contributed by atoms with Crippen molar-refractivity contribution in [2.75, 3.05) is 13.1 Å². The first-order valence-electron chi connectivity index (χ1n) is 9.53. The highest BCUT2D eigenvalue weighted by Gasteiger charge is 2.54. The lowest BCUT2D eigenvalue weighted by atomic mass is 9.95. The number of rotatable bonds is 4. The van der Waals surface area contributed by atoms with Crippen molar-refractivity contribution in [3.63, 3.8) is 0 Å². The minimum atomic E-state index is -5.36. The Hall–Kier alpha value is -2.15. The van der Waals surface area contributed by atoms with Gasteiger partial charge >= 0.3 is 12.1 Å². The highest BCUT2D eigenvalue weighted by Crippen LogP contribution is 2.44.